The van der Waals surface area contributed by atoms with Gasteiger partial charge in [0.15, 0.2) is 0 Å². The summed E-state index contributed by atoms with van der Waals surface area (Å²) < 4.78 is 2.75. The zero-order chi connectivity index (χ0) is 12.6. The van der Waals surface area contributed by atoms with Gasteiger partial charge in [0.05, 0.1) is 5.69 Å². The van der Waals surface area contributed by atoms with Gasteiger partial charge in [0.25, 0.3) is 0 Å². The molecule has 0 aliphatic rings. The molecule has 0 spiro atoms. The molecule has 2 aromatic rings. The van der Waals surface area contributed by atoms with Crippen LogP contribution in [0.4, 0.5) is 0 Å². The van der Waals surface area contributed by atoms with Gasteiger partial charge in [0.1, 0.15) is 0 Å². The number of para-hydroxylation sites is 1. The van der Waals surface area contributed by atoms with Crippen LogP contribution < -0.4 is 17.1 Å². The van der Waals surface area contributed by atoms with Gasteiger partial charge in [-0.3, -0.25) is 0 Å². The maximum absolute atomic E-state index is 11.9. The minimum atomic E-state index is -0.649. The lowest BCUT2D eigenvalue weighted by Crippen LogP contribution is -2.52. The minimum absolute atomic E-state index is 0.439. The number of nitrogens with zero attached hydrogens (tertiary/aromatic N) is 3. The Morgan fingerprint density at radius 1 is 0.765 bits per heavy atom. The fourth-order valence-corrected chi connectivity index (χ4v) is 1.57. The molecule has 0 bridgehead atoms. The van der Waals surface area contributed by atoms with E-state index < -0.39 is 17.1 Å². The average Bonchev–Trinajstić information content (AvgIpc) is 2.36. The van der Waals surface area contributed by atoms with Crippen molar-refractivity contribution in [1.29, 1.82) is 0 Å². The highest BCUT2D eigenvalue weighted by molar-refractivity contribution is 5.30. The summed E-state index contributed by atoms with van der Waals surface area (Å²) in [7, 11) is 2.67. The molecule has 17 heavy (non-hydrogen) atoms. The van der Waals surface area contributed by atoms with Crippen molar-refractivity contribution in [2.45, 2.75) is 0 Å². The molecule has 0 N–H and O–H groups in total. The Hall–Kier alpha value is -2.37. The Bertz CT molecular complexity index is 682. The zero-order valence-corrected chi connectivity index (χ0v) is 9.45. The van der Waals surface area contributed by atoms with E-state index in [1.165, 1.54) is 14.1 Å². The van der Waals surface area contributed by atoms with Gasteiger partial charge in [-0.2, -0.15) is 0 Å². The maximum Gasteiger partial charge on any atom is 0.340 e. The average molecular weight is 233 g/mol. The van der Waals surface area contributed by atoms with Gasteiger partial charge >= 0.3 is 17.1 Å². The van der Waals surface area contributed by atoms with E-state index >= 15 is 0 Å². The smallest absolute Gasteiger partial charge is 0.248 e. The molecule has 6 nitrogen and oxygen atoms in total. The number of aromatic nitrogens is 3. The van der Waals surface area contributed by atoms with E-state index in [4.69, 9.17) is 0 Å². The van der Waals surface area contributed by atoms with Crippen LogP contribution in [0, 0.1) is 0 Å². The van der Waals surface area contributed by atoms with Crippen molar-refractivity contribution in [3.8, 4) is 5.69 Å². The Morgan fingerprint density at radius 2 is 1.24 bits per heavy atom. The predicted molar refractivity (Wildman–Crippen MR) is 62.5 cm³/mol. The van der Waals surface area contributed by atoms with Gasteiger partial charge in [-0.1, -0.05) is 18.2 Å². The molecule has 0 radical (unpaired) electrons. The van der Waals surface area contributed by atoms with Crippen molar-refractivity contribution in [3.63, 3.8) is 0 Å². The fraction of sp³-hybridized carbons (Fsp3) is 0.182. The van der Waals surface area contributed by atoms with Crippen molar-refractivity contribution in [3.05, 3.63) is 61.8 Å². The van der Waals surface area contributed by atoms with Crippen LogP contribution in [-0.4, -0.2) is 13.7 Å². The highest BCUT2D eigenvalue weighted by Gasteiger charge is 2.11. The molecular weight excluding hydrogens is 222 g/mol. The van der Waals surface area contributed by atoms with E-state index in [9.17, 15) is 14.4 Å². The van der Waals surface area contributed by atoms with Crippen molar-refractivity contribution < 1.29 is 0 Å². The molecular formula is C11H11N3O3. The van der Waals surface area contributed by atoms with E-state index in [2.05, 4.69) is 0 Å². The normalized spacial score (nSPS) is 10.5. The van der Waals surface area contributed by atoms with Crippen LogP contribution in [0.5, 0.6) is 0 Å². The van der Waals surface area contributed by atoms with Gasteiger partial charge in [-0.05, 0) is 12.1 Å². The second-order valence-corrected chi connectivity index (χ2v) is 3.64. The molecule has 0 amide bonds. The third-order valence-electron chi connectivity index (χ3n) is 2.54. The van der Waals surface area contributed by atoms with Gasteiger partial charge in [0.2, 0.25) is 0 Å². The summed E-state index contributed by atoms with van der Waals surface area (Å²) >= 11 is 0. The van der Waals surface area contributed by atoms with Gasteiger partial charge in [0, 0.05) is 14.1 Å². The first-order chi connectivity index (χ1) is 8.04. The standard InChI is InChI=1S/C11H11N3O3/c1-12-9(15)13(2)11(17)14(10(12)16)8-6-4-3-5-7-8/h3-7H,1-2H3. The summed E-state index contributed by atoms with van der Waals surface area (Å²) in [6.07, 6.45) is 0. The quantitative estimate of drug-likeness (QED) is 0.650. The highest BCUT2D eigenvalue weighted by atomic mass is 16.2. The summed E-state index contributed by atoms with van der Waals surface area (Å²) in [5.74, 6) is 0. The van der Waals surface area contributed by atoms with Crippen LogP contribution in [-0.2, 0) is 14.1 Å². The lowest BCUT2D eigenvalue weighted by Gasteiger charge is -2.08. The molecule has 1 aromatic carbocycles. The number of rotatable bonds is 1. The molecule has 0 saturated heterocycles. The SMILES string of the molecule is Cn1c(=O)n(C)c(=O)n(-c2ccccc2)c1=O. The van der Waals surface area contributed by atoms with Gasteiger partial charge in [-0.25, -0.2) is 28.1 Å². The molecule has 0 atom stereocenters. The van der Waals surface area contributed by atoms with E-state index in [1.54, 1.807) is 30.3 Å². The monoisotopic (exact) mass is 233 g/mol. The van der Waals surface area contributed by atoms with Crippen molar-refractivity contribution >= 4 is 0 Å². The van der Waals surface area contributed by atoms with Crippen LogP contribution in [0.15, 0.2) is 44.7 Å². The predicted octanol–water partition coefficient (Wildman–Crippen LogP) is -0.765. The van der Waals surface area contributed by atoms with Gasteiger partial charge in [-0.15, -0.1) is 0 Å². The maximum atomic E-state index is 11.9. The summed E-state index contributed by atoms with van der Waals surface area (Å²) in [4.78, 5) is 35.3. The highest BCUT2D eigenvalue weighted by Crippen LogP contribution is 1.99. The fourth-order valence-electron chi connectivity index (χ4n) is 1.57. The molecule has 1 heterocycles. The number of hydrogen-bond donors (Lipinski definition) is 0. The van der Waals surface area contributed by atoms with E-state index in [0.717, 1.165) is 13.7 Å². The van der Waals surface area contributed by atoms with Gasteiger partial charge < -0.3 is 0 Å². The van der Waals surface area contributed by atoms with Crippen LogP contribution >= 0.6 is 0 Å². The number of benzene rings is 1. The summed E-state index contributed by atoms with van der Waals surface area (Å²) in [5, 5.41) is 0. The van der Waals surface area contributed by atoms with Crippen LogP contribution in [0.1, 0.15) is 0 Å². The Balaban J connectivity index is 2.95. The van der Waals surface area contributed by atoms with Crippen molar-refractivity contribution in [2.75, 3.05) is 0 Å². The summed E-state index contributed by atoms with van der Waals surface area (Å²) in [6, 6.07) is 8.47. The third kappa shape index (κ3) is 1.63. The van der Waals surface area contributed by atoms with Crippen molar-refractivity contribution in [1.82, 2.24) is 13.7 Å². The summed E-state index contributed by atoms with van der Waals surface area (Å²) in [6.45, 7) is 0. The lowest BCUT2D eigenvalue weighted by molar-refractivity contribution is 0.581. The molecule has 0 saturated carbocycles. The topological polar surface area (TPSA) is 66.0 Å². The molecule has 1 aromatic heterocycles. The Kier molecular flexibility index (Phi) is 2.55. The second kappa shape index (κ2) is 3.89. The van der Waals surface area contributed by atoms with Crippen molar-refractivity contribution in [2.24, 2.45) is 14.1 Å². The minimum Gasteiger partial charge on any atom is -0.248 e. The Morgan fingerprint density at radius 3 is 1.71 bits per heavy atom. The largest absolute Gasteiger partial charge is 0.340 e. The molecule has 0 aliphatic carbocycles. The molecule has 6 heteroatoms. The third-order valence-corrected chi connectivity index (χ3v) is 2.54. The first kappa shape index (κ1) is 11.1. The van der Waals surface area contributed by atoms with E-state index in [0.29, 0.717) is 5.69 Å². The van der Waals surface area contributed by atoms with Crippen LogP contribution in [0.2, 0.25) is 0 Å². The lowest BCUT2D eigenvalue weighted by atomic mass is 10.3. The Labute approximate surface area is 96.0 Å². The first-order valence-electron chi connectivity index (χ1n) is 4.98. The summed E-state index contributed by atoms with van der Waals surface area (Å²) in [5.41, 5.74) is -1.49. The van der Waals surface area contributed by atoms with Crippen LogP contribution in [0.3, 0.4) is 0 Å². The second-order valence-electron chi connectivity index (χ2n) is 3.64. The zero-order valence-electron chi connectivity index (χ0n) is 9.45. The molecule has 0 fully saturated rings. The molecule has 88 valence electrons. The molecule has 2 rings (SSSR count). The van der Waals surface area contributed by atoms with Crippen LogP contribution in [0.25, 0.3) is 5.69 Å². The molecule has 0 unspecified atom stereocenters. The number of hydrogen-bond acceptors (Lipinski definition) is 3. The van der Waals surface area contributed by atoms with E-state index in [1.807, 2.05) is 0 Å². The van der Waals surface area contributed by atoms with E-state index in [-0.39, 0.29) is 0 Å². The molecule has 0 aliphatic heterocycles. The first-order valence-corrected chi connectivity index (χ1v) is 4.98.